The molecule has 2 heterocycles. The van der Waals surface area contributed by atoms with Gasteiger partial charge in [-0.2, -0.15) is 5.10 Å². The van der Waals surface area contributed by atoms with E-state index in [0.717, 1.165) is 42.5 Å². The topological polar surface area (TPSA) is 59.0 Å². The summed E-state index contributed by atoms with van der Waals surface area (Å²) in [5.41, 5.74) is 2.70. The van der Waals surface area contributed by atoms with Crippen LogP contribution in [0.3, 0.4) is 0 Å². The van der Waals surface area contributed by atoms with Gasteiger partial charge in [0, 0.05) is 17.0 Å². The summed E-state index contributed by atoms with van der Waals surface area (Å²) < 4.78 is 1.89. The zero-order chi connectivity index (χ0) is 16.4. The summed E-state index contributed by atoms with van der Waals surface area (Å²) in [5.74, 6) is -0.00114. The summed E-state index contributed by atoms with van der Waals surface area (Å²) in [4.78, 5) is 12.4. The van der Waals surface area contributed by atoms with E-state index in [0.29, 0.717) is 5.56 Å². The molecule has 1 aliphatic heterocycles. The zero-order valence-electron chi connectivity index (χ0n) is 13.4. The van der Waals surface area contributed by atoms with E-state index in [4.69, 9.17) is 0 Å². The summed E-state index contributed by atoms with van der Waals surface area (Å²) in [5, 5.41) is 12.0. The predicted octanol–water partition coefficient (Wildman–Crippen LogP) is 2.51. The van der Waals surface area contributed by atoms with Crippen molar-refractivity contribution < 1.29 is 4.79 Å². The van der Waals surface area contributed by atoms with Crippen LogP contribution in [0.25, 0.3) is 16.6 Å². The lowest BCUT2D eigenvalue weighted by Gasteiger charge is -2.23. The number of hydrogen-bond donors (Lipinski definition) is 2. The largest absolute Gasteiger partial charge is 0.349 e. The lowest BCUT2D eigenvalue weighted by atomic mass is 10.1. The van der Waals surface area contributed by atoms with Crippen molar-refractivity contribution in [2.24, 2.45) is 0 Å². The molecule has 2 aromatic carbocycles. The quantitative estimate of drug-likeness (QED) is 0.779. The molecule has 1 aliphatic rings. The van der Waals surface area contributed by atoms with Gasteiger partial charge in [-0.05, 0) is 56.3 Å². The van der Waals surface area contributed by atoms with Crippen LogP contribution in [0.1, 0.15) is 23.2 Å². The predicted molar refractivity (Wildman–Crippen MR) is 94.4 cm³/mol. The number of hydrogen-bond acceptors (Lipinski definition) is 3. The first kappa shape index (κ1) is 14.9. The summed E-state index contributed by atoms with van der Waals surface area (Å²) in [6.45, 7) is 1.94. The molecule has 0 aliphatic carbocycles. The number of benzene rings is 2. The lowest BCUT2D eigenvalue weighted by molar-refractivity contribution is 0.0929. The monoisotopic (exact) mass is 320 g/mol. The standard InChI is InChI=1S/C19H20N4O/c24-19(22-16-9-11-20-12-10-16)14-5-7-17(8-6-14)23-18-4-2-1-3-15(18)13-21-23/h1-8,13,16,20H,9-12H2,(H,22,24). The van der Waals surface area contributed by atoms with E-state index in [9.17, 15) is 4.79 Å². The Morgan fingerprint density at radius 1 is 1.08 bits per heavy atom. The molecule has 0 spiro atoms. The highest BCUT2D eigenvalue weighted by molar-refractivity contribution is 5.94. The van der Waals surface area contributed by atoms with Crippen LogP contribution < -0.4 is 10.6 Å². The van der Waals surface area contributed by atoms with Crippen molar-refractivity contribution in [3.05, 3.63) is 60.3 Å². The minimum atomic E-state index is -0.00114. The van der Waals surface area contributed by atoms with Crippen LogP contribution in [0.2, 0.25) is 0 Å². The Balaban J connectivity index is 1.53. The number of aromatic nitrogens is 2. The van der Waals surface area contributed by atoms with Crippen LogP contribution in [-0.2, 0) is 0 Å². The summed E-state index contributed by atoms with van der Waals surface area (Å²) in [7, 11) is 0. The third-order valence-electron chi connectivity index (χ3n) is 4.53. The Hall–Kier alpha value is -2.66. The van der Waals surface area contributed by atoms with E-state index < -0.39 is 0 Å². The number of nitrogens with one attached hydrogen (secondary N) is 2. The molecule has 0 unspecified atom stereocenters. The second-order valence-electron chi connectivity index (χ2n) is 6.16. The highest BCUT2D eigenvalue weighted by atomic mass is 16.1. The summed E-state index contributed by atoms with van der Waals surface area (Å²) >= 11 is 0. The average molecular weight is 320 g/mol. The van der Waals surface area contributed by atoms with Gasteiger partial charge < -0.3 is 10.6 Å². The van der Waals surface area contributed by atoms with Crippen LogP contribution in [0.15, 0.2) is 54.7 Å². The molecule has 122 valence electrons. The number of carbonyl (C=O) groups excluding carboxylic acids is 1. The molecular formula is C19H20N4O. The SMILES string of the molecule is O=C(NC1CCNCC1)c1ccc(-n2ncc3ccccc32)cc1. The molecule has 4 rings (SSSR count). The van der Waals surface area contributed by atoms with Gasteiger partial charge in [0.15, 0.2) is 0 Å². The molecule has 0 bridgehead atoms. The molecular weight excluding hydrogens is 300 g/mol. The van der Waals surface area contributed by atoms with Gasteiger partial charge in [-0.1, -0.05) is 18.2 Å². The number of para-hydroxylation sites is 1. The molecule has 5 nitrogen and oxygen atoms in total. The van der Waals surface area contributed by atoms with Crippen LogP contribution in [-0.4, -0.2) is 34.8 Å². The molecule has 1 aromatic heterocycles. The Bertz CT molecular complexity index is 847. The first-order valence-corrected chi connectivity index (χ1v) is 8.36. The van der Waals surface area contributed by atoms with Gasteiger partial charge in [0.05, 0.1) is 17.4 Å². The molecule has 2 N–H and O–H groups in total. The third-order valence-corrected chi connectivity index (χ3v) is 4.53. The summed E-state index contributed by atoms with van der Waals surface area (Å²) in [6, 6.07) is 16.0. The minimum Gasteiger partial charge on any atom is -0.349 e. The molecule has 1 amide bonds. The van der Waals surface area contributed by atoms with Crippen molar-refractivity contribution in [2.75, 3.05) is 13.1 Å². The number of carbonyl (C=O) groups is 1. The second-order valence-corrected chi connectivity index (χ2v) is 6.16. The Morgan fingerprint density at radius 3 is 2.62 bits per heavy atom. The van der Waals surface area contributed by atoms with Gasteiger partial charge in [0.1, 0.15) is 0 Å². The van der Waals surface area contributed by atoms with Crippen molar-refractivity contribution in [3.63, 3.8) is 0 Å². The van der Waals surface area contributed by atoms with Crippen molar-refractivity contribution in [3.8, 4) is 5.69 Å². The van der Waals surface area contributed by atoms with Gasteiger partial charge in [0.2, 0.25) is 0 Å². The van der Waals surface area contributed by atoms with Crippen LogP contribution in [0, 0.1) is 0 Å². The maximum Gasteiger partial charge on any atom is 0.251 e. The first-order chi connectivity index (χ1) is 11.8. The van der Waals surface area contributed by atoms with E-state index >= 15 is 0 Å². The van der Waals surface area contributed by atoms with Crippen molar-refractivity contribution >= 4 is 16.8 Å². The van der Waals surface area contributed by atoms with Crippen LogP contribution in [0.5, 0.6) is 0 Å². The maximum atomic E-state index is 12.4. The minimum absolute atomic E-state index is 0.00114. The van der Waals surface area contributed by atoms with Gasteiger partial charge in [0.25, 0.3) is 5.91 Å². The molecule has 3 aromatic rings. The maximum absolute atomic E-state index is 12.4. The van der Waals surface area contributed by atoms with Crippen LogP contribution >= 0.6 is 0 Å². The molecule has 0 atom stereocenters. The number of nitrogens with zero attached hydrogens (tertiary/aromatic N) is 2. The van der Waals surface area contributed by atoms with E-state index in [1.54, 1.807) is 0 Å². The lowest BCUT2D eigenvalue weighted by Crippen LogP contribution is -2.42. The van der Waals surface area contributed by atoms with Gasteiger partial charge in [-0.3, -0.25) is 4.79 Å². The second kappa shape index (κ2) is 6.45. The van der Waals surface area contributed by atoms with E-state index in [-0.39, 0.29) is 11.9 Å². The zero-order valence-corrected chi connectivity index (χ0v) is 13.4. The normalized spacial score (nSPS) is 15.5. The number of rotatable bonds is 3. The Labute approximate surface area is 140 Å². The number of fused-ring (bicyclic) bond motifs is 1. The van der Waals surface area contributed by atoms with E-state index in [1.165, 1.54) is 0 Å². The van der Waals surface area contributed by atoms with Gasteiger partial charge in [-0.25, -0.2) is 4.68 Å². The molecule has 0 radical (unpaired) electrons. The fourth-order valence-corrected chi connectivity index (χ4v) is 3.17. The molecule has 5 heteroatoms. The fraction of sp³-hybridized carbons (Fsp3) is 0.263. The number of amides is 1. The Morgan fingerprint density at radius 2 is 1.83 bits per heavy atom. The Kier molecular flexibility index (Phi) is 4.01. The van der Waals surface area contributed by atoms with Gasteiger partial charge in [-0.15, -0.1) is 0 Å². The summed E-state index contributed by atoms with van der Waals surface area (Å²) in [6.07, 6.45) is 3.83. The number of piperidine rings is 1. The smallest absolute Gasteiger partial charge is 0.251 e. The van der Waals surface area contributed by atoms with Crippen molar-refractivity contribution in [1.82, 2.24) is 20.4 Å². The van der Waals surface area contributed by atoms with Crippen molar-refractivity contribution in [1.29, 1.82) is 0 Å². The van der Waals surface area contributed by atoms with E-state index in [2.05, 4.69) is 15.7 Å². The molecule has 1 saturated heterocycles. The van der Waals surface area contributed by atoms with Crippen LogP contribution in [0.4, 0.5) is 0 Å². The van der Waals surface area contributed by atoms with Gasteiger partial charge >= 0.3 is 0 Å². The molecule has 0 saturated carbocycles. The highest BCUT2D eigenvalue weighted by Gasteiger charge is 2.16. The average Bonchev–Trinajstić information content (AvgIpc) is 3.07. The molecule has 1 fully saturated rings. The fourth-order valence-electron chi connectivity index (χ4n) is 3.17. The van der Waals surface area contributed by atoms with E-state index in [1.807, 2.05) is 59.4 Å². The van der Waals surface area contributed by atoms with Crippen molar-refractivity contribution in [2.45, 2.75) is 18.9 Å². The first-order valence-electron chi connectivity index (χ1n) is 8.36. The highest BCUT2D eigenvalue weighted by Crippen LogP contribution is 2.18. The molecule has 24 heavy (non-hydrogen) atoms. The third kappa shape index (κ3) is 2.90.